The lowest BCUT2D eigenvalue weighted by molar-refractivity contribution is -0.220. The molecule has 4 nitrogen and oxygen atoms in total. The molecule has 0 bridgehead atoms. The topological polar surface area (TPSA) is 58.6 Å². The van der Waals surface area contributed by atoms with Crippen molar-refractivity contribution in [3.63, 3.8) is 0 Å². The van der Waals surface area contributed by atoms with Crippen LogP contribution in [0.3, 0.4) is 0 Å². The van der Waals surface area contributed by atoms with Crippen LogP contribution in [-0.2, 0) is 5.41 Å². The number of nitrogens with zero attached hydrogens (tertiary/aromatic N) is 2. The van der Waals surface area contributed by atoms with Crippen molar-refractivity contribution in [1.29, 1.82) is 0 Å². The van der Waals surface area contributed by atoms with Gasteiger partial charge in [-0.05, 0) is 6.92 Å². The fourth-order valence-corrected chi connectivity index (χ4v) is 1.98. The summed E-state index contributed by atoms with van der Waals surface area (Å²) < 4.78 is 39.6. The van der Waals surface area contributed by atoms with Gasteiger partial charge in [-0.3, -0.25) is 4.79 Å². The third-order valence-electron chi connectivity index (χ3n) is 2.82. The molecular weight excluding hydrogens is 247 g/mol. The summed E-state index contributed by atoms with van der Waals surface area (Å²) in [6, 6.07) is 0. The first-order valence-electron chi connectivity index (χ1n) is 4.39. The van der Waals surface area contributed by atoms with Crippen LogP contribution in [0.4, 0.5) is 13.2 Å². The zero-order chi connectivity index (χ0) is 12.2. The van der Waals surface area contributed by atoms with Crippen molar-refractivity contribution in [2.75, 3.05) is 0 Å². The molecule has 88 valence electrons. The molecule has 1 N–H and O–H groups in total. The minimum absolute atomic E-state index is 0.275. The van der Waals surface area contributed by atoms with Gasteiger partial charge in [0.15, 0.2) is 0 Å². The molecule has 1 fully saturated rings. The second-order valence-electron chi connectivity index (χ2n) is 3.97. The molecule has 1 aliphatic carbocycles. The zero-order valence-corrected chi connectivity index (χ0v) is 8.85. The maximum Gasteiger partial charge on any atom is 0.297 e. The molecule has 16 heavy (non-hydrogen) atoms. The summed E-state index contributed by atoms with van der Waals surface area (Å²) in [6.07, 6.45) is 0.0342. The number of aromatic nitrogens is 3. The van der Waals surface area contributed by atoms with Gasteiger partial charge in [0.2, 0.25) is 0 Å². The standard InChI is InChI=1S/C8H7ClF3N3O/c1-6(3-7(10,11)8(6,9)12)5-14-4(16)2-13-15-5/h2H,3H2,1H3,(H,14,15,16). The molecule has 1 aromatic rings. The van der Waals surface area contributed by atoms with Crippen LogP contribution in [0.1, 0.15) is 19.2 Å². The molecule has 2 rings (SSSR count). The molecule has 0 amide bonds. The zero-order valence-electron chi connectivity index (χ0n) is 8.10. The van der Waals surface area contributed by atoms with Crippen LogP contribution < -0.4 is 5.56 Å². The fraction of sp³-hybridized carbons (Fsp3) is 0.625. The van der Waals surface area contributed by atoms with E-state index >= 15 is 0 Å². The van der Waals surface area contributed by atoms with Gasteiger partial charge in [-0.15, -0.1) is 5.10 Å². The van der Waals surface area contributed by atoms with Crippen molar-refractivity contribution in [2.45, 2.75) is 29.8 Å². The highest BCUT2D eigenvalue weighted by Crippen LogP contribution is 2.64. The molecule has 0 aromatic carbocycles. The first-order valence-corrected chi connectivity index (χ1v) is 4.77. The Labute approximate surface area is 92.8 Å². The number of alkyl halides is 4. The predicted molar refractivity (Wildman–Crippen MR) is 49.3 cm³/mol. The van der Waals surface area contributed by atoms with E-state index in [1.165, 1.54) is 0 Å². The second-order valence-corrected chi connectivity index (χ2v) is 4.49. The number of H-pyrrole nitrogens is 1. The molecule has 1 aromatic heterocycles. The number of hydrogen-bond donors (Lipinski definition) is 1. The van der Waals surface area contributed by atoms with Crippen molar-refractivity contribution < 1.29 is 13.2 Å². The third kappa shape index (κ3) is 1.20. The number of halogens is 4. The Morgan fingerprint density at radius 3 is 2.56 bits per heavy atom. The molecular formula is C8H7ClF3N3O. The van der Waals surface area contributed by atoms with Crippen molar-refractivity contribution in [1.82, 2.24) is 15.2 Å². The van der Waals surface area contributed by atoms with Crippen LogP contribution >= 0.6 is 11.6 Å². The number of aromatic amines is 1. The van der Waals surface area contributed by atoms with E-state index in [9.17, 15) is 18.0 Å². The lowest BCUT2D eigenvalue weighted by Gasteiger charge is -2.52. The second kappa shape index (κ2) is 2.97. The lowest BCUT2D eigenvalue weighted by atomic mass is 9.64. The van der Waals surface area contributed by atoms with Gasteiger partial charge >= 0.3 is 0 Å². The Hall–Kier alpha value is -1.11. The van der Waals surface area contributed by atoms with Crippen molar-refractivity contribution in [3.05, 3.63) is 22.4 Å². The molecule has 0 spiro atoms. The molecule has 1 saturated carbocycles. The summed E-state index contributed by atoms with van der Waals surface area (Å²) in [6.45, 7) is 1.16. The summed E-state index contributed by atoms with van der Waals surface area (Å²) in [4.78, 5) is 13.1. The monoisotopic (exact) mass is 253 g/mol. The highest BCUT2D eigenvalue weighted by Gasteiger charge is 2.77. The Bertz CT molecular complexity index is 489. The lowest BCUT2D eigenvalue weighted by Crippen LogP contribution is -2.68. The Balaban J connectivity index is 2.47. The summed E-state index contributed by atoms with van der Waals surface area (Å²) in [5.41, 5.74) is -2.39. The van der Waals surface area contributed by atoms with Gasteiger partial charge in [0.25, 0.3) is 16.6 Å². The Morgan fingerprint density at radius 2 is 2.12 bits per heavy atom. The Morgan fingerprint density at radius 1 is 1.50 bits per heavy atom. The van der Waals surface area contributed by atoms with Crippen molar-refractivity contribution in [3.8, 4) is 0 Å². The van der Waals surface area contributed by atoms with Crippen LogP contribution in [-0.4, -0.2) is 26.2 Å². The Kier molecular flexibility index (Phi) is 2.11. The fourth-order valence-electron chi connectivity index (χ4n) is 1.76. The first kappa shape index (κ1) is 11.4. The highest BCUT2D eigenvalue weighted by molar-refractivity contribution is 6.25. The van der Waals surface area contributed by atoms with E-state index in [1.54, 1.807) is 0 Å². The highest BCUT2D eigenvalue weighted by atomic mass is 35.5. The van der Waals surface area contributed by atoms with Gasteiger partial charge in [-0.2, -0.15) is 5.10 Å². The molecule has 1 heterocycles. The minimum Gasteiger partial charge on any atom is -0.307 e. The SMILES string of the molecule is CC1(c2nncc(=O)[nH]2)CC(F)(F)C1(F)Cl. The molecule has 1 aliphatic rings. The maximum absolute atomic E-state index is 13.7. The summed E-state index contributed by atoms with van der Waals surface area (Å²) >= 11 is 5.18. The van der Waals surface area contributed by atoms with Crippen molar-refractivity contribution in [2.24, 2.45) is 0 Å². The van der Waals surface area contributed by atoms with E-state index in [1.807, 2.05) is 0 Å². The molecule has 0 aliphatic heterocycles. The van der Waals surface area contributed by atoms with Gasteiger partial charge in [0, 0.05) is 6.42 Å². The normalized spacial score (nSPS) is 36.8. The number of rotatable bonds is 1. The largest absolute Gasteiger partial charge is 0.307 e. The van der Waals surface area contributed by atoms with Gasteiger partial charge in [-0.25, -0.2) is 13.2 Å². The van der Waals surface area contributed by atoms with Gasteiger partial charge in [0.05, 0.1) is 5.41 Å². The van der Waals surface area contributed by atoms with E-state index in [0.29, 0.717) is 0 Å². The smallest absolute Gasteiger partial charge is 0.297 e. The maximum atomic E-state index is 13.7. The van der Waals surface area contributed by atoms with Gasteiger partial charge in [0.1, 0.15) is 12.0 Å². The number of nitrogens with one attached hydrogen (secondary N) is 1. The van der Waals surface area contributed by atoms with E-state index < -0.39 is 28.4 Å². The van der Waals surface area contributed by atoms with E-state index in [-0.39, 0.29) is 5.82 Å². The summed E-state index contributed by atoms with van der Waals surface area (Å²) in [7, 11) is 0. The van der Waals surface area contributed by atoms with E-state index in [2.05, 4.69) is 15.2 Å². The van der Waals surface area contributed by atoms with Crippen LogP contribution in [0.25, 0.3) is 0 Å². The average molecular weight is 254 g/mol. The quantitative estimate of drug-likeness (QED) is 0.769. The van der Waals surface area contributed by atoms with Crippen LogP contribution in [0.15, 0.2) is 11.0 Å². The average Bonchev–Trinajstić information content (AvgIpc) is 2.16. The van der Waals surface area contributed by atoms with Gasteiger partial charge in [-0.1, -0.05) is 11.6 Å². The molecule has 2 atom stereocenters. The molecule has 2 unspecified atom stereocenters. The number of hydrogen-bond acceptors (Lipinski definition) is 3. The molecule has 0 radical (unpaired) electrons. The molecule has 0 saturated heterocycles. The van der Waals surface area contributed by atoms with Crippen LogP contribution in [0.2, 0.25) is 0 Å². The summed E-state index contributed by atoms with van der Waals surface area (Å²) in [5, 5.41) is 3.45. The van der Waals surface area contributed by atoms with Crippen LogP contribution in [0, 0.1) is 0 Å². The van der Waals surface area contributed by atoms with E-state index in [4.69, 9.17) is 11.6 Å². The minimum atomic E-state index is -3.64. The predicted octanol–water partition coefficient (Wildman–Crippen LogP) is 1.37. The first-order chi connectivity index (χ1) is 7.21. The summed E-state index contributed by atoms with van der Waals surface area (Å²) in [5.74, 6) is -3.92. The van der Waals surface area contributed by atoms with E-state index in [0.717, 1.165) is 13.1 Å². The third-order valence-corrected chi connectivity index (χ3v) is 3.52. The molecule has 8 heteroatoms. The van der Waals surface area contributed by atoms with Crippen LogP contribution in [0.5, 0.6) is 0 Å². The van der Waals surface area contributed by atoms with Gasteiger partial charge < -0.3 is 4.98 Å². The van der Waals surface area contributed by atoms with Crippen molar-refractivity contribution >= 4 is 11.6 Å².